The van der Waals surface area contributed by atoms with Gasteiger partial charge in [-0.15, -0.1) is 0 Å². The molecule has 6 heteroatoms. The van der Waals surface area contributed by atoms with Crippen LogP contribution in [0.15, 0.2) is 59.2 Å². The molecule has 4 nitrogen and oxygen atoms in total. The van der Waals surface area contributed by atoms with E-state index in [4.69, 9.17) is 5.73 Å². The first kappa shape index (κ1) is 13.9. The van der Waals surface area contributed by atoms with Crippen LogP contribution in [0.25, 0.3) is 5.69 Å². The van der Waals surface area contributed by atoms with E-state index in [0.717, 1.165) is 5.69 Å². The predicted octanol–water partition coefficient (Wildman–Crippen LogP) is 3.22. The van der Waals surface area contributed by atoms with Gasteiger partial charge < -0.3 is 5.73 Å². The van der Waals surface area contributed by atoms with Crippen LogP contribution >= 0.6 is 15.9 Å². The summed E-state index contributed by atoms with van der Waals surface area (Å²) < 4.78 is 14.5. The second-order valence-corrected chi connectivity index (χ2v) is 5.37. The van der Waals surface area contributed by atoms with E-state index in [1.165, 1.54) is 4.80 Å². The van der Waals surface area contributed by atoms with Gasteiger partial charge in [-0.05, 0) is 34.1 Å². The Labute approximate surface area is 129 Å². The summed E-state index contributed by atoms with van der Waals surface area (Å²) in [6, 6.07) is 13.8. The molecule has 1 atom stereocenters. The summed E-state index contributed by atoms with van der Waals surface area (Å²) in [5, 5.41) is 8.50. The molecule has 0 aliphatic carbocycles. The van der Waals surface area contributed by atoms with Crippen molar-refractivity contribution in [2.75, 3.05) is 0 Å². The fourth-order valence-corrected chi connectivity index (χ4v) is 2.40. The molecule has 3 rings (SSSR count). The molecule has 3 aromatic rings. The molecule has 21 heavy (non-hydrogen) atoms. The molecule has 1 unspecified atom stereocenters. The molecular weight excluding hydrogens is 335 g/mol. The molecule has 1 heterocycles. The Kier molecular flexibility index (Phi) is 3.81. The molecule has 2 aromatic carbocycles. The van der Waals surface area contributed by atoms with E-state index in [9.17, 15) is 4.39 Å². The van der Waals surface area contributed by atoms with Crippen LogP contribution in [0, 0.1) is 5.82 Å². The fourth-order valence-electron chi connectivity index (χ4n) is 2.02. The highest BCUT2D eigenvalue weighted by atomic mass is 79.9. The zero-order valence-electron chi connectivity index (χ0n) is 10.9. The number of rotatable bonds is 3. The third-order valence-electron chi connectivity index (χ3n) is 3.13. The number of hydrogen-bond donors (Lipinski definition) is 1. The molecule has 0 aliphatic rings. The molecule has 0 fully saturated rings. The van der Waals surface area contributed by atoms with Crippen molar-refractivity contribution in [2.45, 2.75) is 6.04 Å². The van der Waals surface area contributed by atoms with Crippen LogP contribution in [0.4, 0.5) is 4.39 Å². The smallest absolute Gasteiger partial charge is 0.142 e. The lowest BCUT2D eigenvalue weighted by molar-refractivity contribution is 0.589. The molecule has 0 bridgehead atoms. The first-order valence-corrected chi connectivity index (χ1v) is 7.13. The third kappa shape index (κ3) is 2.72. The topological polar surface area (TPSA) is 56.7 Å². The SMILES string of the molecule is NC(c1cnn(-c2ccccc2)n1)c1cccc(Br)c1F. The van der Waals surface area contributed by atoms with E-state index in [0.29, 0.717) is 15.7 Å². The van der Waals surface area contributed by atoms with Gasteiger partial charge in [0.15, 0.2) is 0 Å². The van der Waals surface area contributed by atoms with Crippen molar-refractivity contribution in [1.82, 2.24) is 15.0 Å². The van der Waals surface area contributed by atoms with Gasteiger partial charge >= 0.3 is 0 Å². The maximum Gasteiger partial charge on any atom is 0.142 e. The minimum Gasteiger partial charge on any atom is -0.319 e. The molecule has 106 valence electrons. The van der Waals surface area contributed by atoms with E-state index in [1.807, 2.05) is 30.3 Å². The zero-order chi connectivity index (χ0) is 14.8. The van der Waals surface area contributed by atoms with Gasteiger partial charge in [-0.25, -0.2) is 4.39 Å². The summed E-state index contributed by atoms with van der Waals surface area (Å²) in [6.07, 6.45) is 1.55. The molecule has 0 saturated carbocycles. The van der Waals surface area contributed by atoms with Gasteiger partial charge in [-0.3, -0.25) is 0 Å². The van der Waals surface area contributed by atoms with Gasteiger partial charge in [0.2, 0.25) is 0 Å². The average Bonchev–Trinajstić information content (AvgIpc) is 3.00. The van der Waals surface area contributed by atoms with Gasteiger partial charge in [0.25, 0.3) is 0 Å². The van der Waals surface area contributed by atoms with Crippen molar-refractivity contribution in [3.8, 4) is 5.69 Å². The maximum atomic E-state index is 14.1. The summed E-state index contributed by atoms with van der Waals surface area (Å²) in [7, 11) is 0. The van der Waals surface area contributed by atoms with Crippen LogP contribution < -0.4 is 5.73 Å². The van der Waals surface area contributed by atoms with Crippen molar-refractivity contribution >= 4 is 15.9 Å². The average molecular weight is 347 g/mol. The highest BCUT2D eigenvalue weighted by molar-refractivity contribution is 9.10. The Morgan fingerprint density at radius 3 is 2.62 bits per heavy atom. The van der Waals surface area contributed by atoms with Gasteiger partial charge in [-0.2, -0.15) is 15.0 Å². The van der Waals surface area contributed by atoms with Crippen LogP contribution in [0.3, 0.4) is 0 Å². The fraction of sp³-hybridized carbons (Fsp3) is 0.0667. The quantitative estimate of drug-likeness (QED) is 0.792. The van der Waals surface area contributed by atoms with Gasteiger partial charge in [0.1, 0.15) is 11.5 Å². The van der Waals surface area contributed by atoms with E-state index in [2.05, 4.69) is 26.1 Å². The van der Waals surface area contributed by atoms with Crippen LogP contribution in [-0.2, 0) is 0 Å². The highest BCUT2D eigenvalue weighted by Gasteiger charge is 2.18. The number of benzene rings is 2. The summed E-state index contributed by atoms with van der Waals surface area (Å²) in [4.78, 5) is 1.48. The molecule has 2 N–H and O–H groups in total. The summed E-state index contributed by atoms with van der Waals surface area (Å²) >= 11 is 3.16. The standard InChI is InChI=1S/C15H12BrFN4/c16-12-8-4-7-11(14(12)17)15(18)13-9-19-21(20-13)10-5-2-1-3-6-10/h1-9,15H,18H2. The Morgan fingerprint density at radius 2 is 1.86 bits per heavy atom. The van der Waals surface area contributed by atoms with E-state index >= 15 is 0 Å². The zero-order valence-corrected chi connectivity index (χ0v) is 12.5. The molecule has 1 aromatic heterocycles. The van der Waals surface area contributed by atoms with E-state index in [1.54, 1.807) is 24.4 Å². The first-order valence-electron chi connectivity index (χ1n) is 6.34. The summed E-state index contributed by atoms with van der Waals surface area (Å²) in [5.74, 6) is -0.376. The van der Waals surface area contributed by atoms with E-state index < -0.39 is 6.04 Å². The van der Waals surface area contributed by atoms with Crippen molar-refractivity contribution in [2.24, 2.45) is 5.73 Å². The third-order valence-corrected chi connectivity index (χ3v) is 3.74. The lowest BCUT2D eigenvalue weighted by atomic mass is 10.1. The molecule has 0 amide bonds. The normalized spacial score (nSPS) is 12.3. The number of hydrogen-bond acceptors (Lipinski definition) is 3. The predicted molar refractivity (Wildman–Crippen MR) is 81.5 cm³/mol. The summed E-state index contributed by atoms with van der Waals surface area (Å²) in [5.41, 5.74) is 7.81. The molecule has 0 saturated heterocycles. The number of aromatic nitrogens is 3. The van der Waals surface area contributed by atoms with Gasteiger partial charge in [0.05, 0.1) is 22.4 Å². The van der Waals surface area contributed by atoms with E-state index in [-0.39, 0.29) is 5.82 Å². The largest absolute Gasteiger partial charge is 0.319 e. The highest BCUT2D eigenvalue weighted by Crippen LogP contribution is 2.25. The van der Waals surface area contributed by atoms with Crippen molar-refractivity contribution in [1.29, 1.82) is 0 Å². The second kappa shape index (κ2) is 5.75. The van der Waals surface area contributed by atoms with Gasteiger partial charge in [0, 0.05) is 5.56 Å². The van der Waals surface area contributed by atoms with Crippen LogP contribution in [-0.4, -0.2) is 15.0 Å². The Balaban J connectivity index is 1.95. The first-order chi connectivity index (χ1) is 10.2. The lowest BCUT2D eigenvalue weighted by Crippen LogP contribution is -2.15. The molecular formula is C15H12BrFN4. The van der Waals surface area contributed by atoms with Crippen molar-refractivity contribution in [3.63, 3.8) is 0 Å². The number of para-hydroxylation sites is 1. The monoisotopic (exact) mass is 346 g/mol. The lowest BCUT2D eigenvalue weighted by Gasteiger charge is -2.10. The van der Waals surface area contributed by atoms with Crippen LogP contribution in [0.2, 0.25) is 0 Å². The van der Waals surface area contributed by atoms with Crippen molar-refractivity contribution in [3.05, 3.63) is 76.3 Å². The van der Waals surface area contributed by atoms with Crippen LogP contribution in [0.1, 0.15) is 17.3 Å². The second-order valence-electron chi connectivity index (χ2n) is 4.52. The summed E-state index contributed by atoms with van der Waals surface area (Å²) in [6.45, 7) is 0. The Bertz CT molecular complexity index is 757. The number of nitrogens with two attached hydrogens (primary N) is 1. The molecule has 0 spiro atoms. The van der Waals surface area contributed by atoms with Crippen molar-refractivity contribution < 1.29 is 4.39 Å². The number of nitrogens with zero attached hydrogens (tertiary/aromatic N) is 3. The maximum absolute atomic E-state index is 14.1. The minimum atomic E-state index is -0.667. The Morgan fingerprint density at radius 1 is 1.10 bits per heavy atom. The Hall–Kier alpha value is -2.05. The molecule has 0 aliphatic heterocycles. The van der Waals surface area contributed by atoms with Gasteiger partial charge in [-0.1, -0.05) is 30.3 Å². The van der Waals surface area contributed by atoms with Crippen LogP contribution in [0.5, 0.6) is 0 Å². The molecule has 0 radical (unpaired) electrons. The minimum absolute atomic E-state index is 0.376. The number of halogens is 2.